The maximum absolute atomic E-state index is 12.9. The number of likely N-dealkylation sites (N-methyl/N-ethyl adjacent to an activating group) is 1. The Labute approximate surface area is 177 Å². The molecular weight excluding hydrogens is 426 g/mol. The van der Waals surface area contributed by atoms with Gasteiger partial charge in [0.25, 0.3) is 0 Å². The van der Waals surface area contributed by atoms with E-state index in [9.17, 15) is 21.6 Å². The van der Waals surface area contributed by atoms with Gasteiger partial charge in [0.1, 0.15) is 6.04 Å². The Bertz CT molecular complexity index is 1090. The number of benzene rings is 2. The second-order valence-electron chi connectivity index (χ2n) is 7.22. The van der Waals surface area contributed by atoms with Crippen molar-refractivity contribution in [2.45, 2.75) is 23.8 Å². The van der Waals surface area contributed by atoms with E-state index in [1.807, 2.05) is 0 Å². The molecule has 3 rings (SSSR count). The topological polar surface area (TPSA) is 104 Å². The molecule has 2 aromatic rings. The number of anilines is 1. The molecule has 1 amide bonds. The Hall–Kier alpha value is -2.27. The molecule has 0 saturated carbocycles. The van der Waals surface area contributed by atoms with Crippen LogP contribution < -0.4 is 5.32 Å². The summed E-state index contributed by atoms with van der Waals surface area (Å²) >= 11 is 0. The van der Waals surface area contributed by atoms with Gasteiger partial charge < -0.3 is 5.32 Å². The SMILES string of the molecule is CN([C@H](C(=O)Nc1ccc(S(=O)(=O)N2CCCC2)cc1)c1ccccc1)S(C)(=O)=O. The lowest BCUT2D eigenvalue weighted by molar-refractivity contribution is -0.119. The fourth-order valence-corrected chi connectivity index (χ4v) is 5.47. The highest BCUT2D eigenvalue weighted by atomic mass is 32.2. The highest BCUT2D eigenvalue weighted by Crippen LogP contribution is 2.25. The second-order valence-corrected chi connectivity index (χ2v) is 11.2. The summed E-state index contributed by atoms with van der Waals surface area (Å²) in [5.41, 5.74) is 0.902. The standard InChI is InChI=1S/C20H25N3O5S2/c1-22(29(2,25)26)19(16-8-4-3-5-9-16)20(24)21-17-10-12-18(13-11-17)30(27,28)23-14-6-7-15-23/h3-5,8-13,19H,6-7,14-15H2,1-2H3,(H,21,24)/t19-/m0/s1. The molecule has 1 fully saturated rings. The number of rotatable bonds is 7. The van der Waals surface area contributed by atoms with Crippen LogP contribution in [0.15, 0.2) is 59.5 Å². The molecule has 0 aliphatic carbocycles. The number of carbonyl (C=O) groups is 1. The summed E-state index contributed by atoms with van der Waals surface area (Å²) in [4.78, 5) is 13.1. The Morgan fingerprint density at radius 1 is 0.967 bits per heavy atom. The van der Waals surface area contributed by atoms with Gasteiger partial charge in [0.2, 0.25) is 26.0 Å². The second kappa shape index (κ2) is 8.84. The maximum Gasteiger partial charge on any atom is 0.247 e. The van der Waals surface area contributed by atoms with Gasteiger partial charge in [-0.05, 0) is 42.7 Å². The summed E-state index contributed by atoms with van der Waals surface area (Å²) < 4.78 is 51.8. The molecule has 0 radical (unpaired) electrons. The van der Waals surface area contributed by atoms with Crippen molar-refractivity contribution < 1.29 is 21.6 Å². The van der Waals surface area contributed by atoms with Crippen LogP contribution in [0.5, 0.6) is 0 Å². The van der Waals surface area contributed by atoms with Gasteiger partial charge in [-0.1, -0.05) is 30.3 Å². The number of carbonyl (C=O) groups excluding carboxylic acids is 1. The lowest BCUT2D eigenvalue weighted by atomic mass is 10.1. The van der Waals surface area contributed by atoms with Crippen LogP contribution in [-0.2, 0) is 24.8 Å². The molecular formula is C20H25N3O5S2. The summed E-state index contributed by atoms with van der Waals surface area (Å²) in [5.74, 6) is -0.538. The Kier molecular flexibility index (Phi) is 6.61. The van der Waals surface area contributed by atoms with Gasteiger partial charge >= 0.3 is 0 Å². The molecule has 162 valence electrons. The summed E-state index contributed by atoms with van der Waals surface area (Å²) in [7, 11) is -5.83. The van der Waals surface area contributed by atoms with Crippen molar-refractivity contribution >= 4 is 31.6 Å². The van der Waals surface area contributed by atoms with Crippen molar-refractivity contribution in [3.63, 3.8) is 0 Å². The van der Waals surface area contributed by atoms with Gasteiger partial charge in [-0.3, -0.25) is 4.79 Å². The van der Waals surface area contributed by atoms with Crippen LogP contribution >= 0.6 is 0 Å². The van der Waals surface area contributed by atoms with E-state index in [0.717, 1.165) is 23.4 Å². The van der Waals surface area contributed by atoms with Gasteiger partial charge in [-0.2, -0.15) is 8.61 Å². The minimum absolute atomic E-state index is 0.162. The third-order valence-electron chi connectivity index (χ3n) is 5.08. The summed E-state index contributed by atoms with van der Waals surface area (Å²) in [5, 5.41) is 2.69. The van der Waals surface area contributed by atoms with Crippen LogP contribution in [0.1, 0.15) is 24.4 Å². The third kappa shape index (κ3) is 4.89. The molecule has 30 heavy (non-hydrogen) atoms. The first-order valence-corrected chi connectivity index (χ1v) is 12.8. The molecule has 0 unspecified atom stereocenters. The van der Waals surface area contributed by atoms with Gasteiger partial charge in [-0.25, -0.2) is 16.8 Å². The van der Waals surface area contributed by atoms with E-state index in [1.54, 1.807) is 30.3 Å². The number of sulfonamides is 2. The lowest BCUT2D eigenvalue weighted by Gasteiger charge is -2.25. The predicted molar refractivity (Wildman–Crippen MR) is 115 cm³/mol. The molecule has 10 heteroatoms. The van der Waals surface area contributed by atoms with E-state index in [0.29, 0.717) is 24.3 Å². The molecule has 1 aliphatic rings. The summed E-state index contributed by atoms with van der Waals surface area (Å²) in [6, 6.07) is 13.4. The predicted octanol–water partition coefficient (Wildman–Crippen LogP) is 2.04. The molecule has 0 bridgehead atoms. The minimum atomic E-state index is -3.64. The minimum Gasteiger partial charge on any atom is -0.324 e. The fourth-order valence-electron chi connectivity index (χ4n) is 3.35. The summed E-state index contributed by atoms with van der Waals surface area (Å²) in [6.07, 6.45) is 2.73. The number of hydrogen-bond donors (Lipinski definition) is 1. The zero-order valence-electron chi connectivity index (χ0n) is 16.9. The molecule has 1 saturated heterocycles. The van der Waals surface area contributed by atoms with E-state index in [-0.39, 0.29) is 4.90 Å². The van der Waals surface area contributed by atoms with Gasteiger partial charge in [0.05, 0.1) is 11.2 Å². The molecule has 1 heterocycles. The van der Waals surface area contributed by atoms with Crippen LogP contribution in [0.4, 0.5) is 5.69 Å². The smallest absolute Gasteiger partial charge is 0.247 e. The van der Waals surface area contributed by atoms with Crippen LogP contribution in [0.3, 0.4) is 0 Å². The fraction of sp³-hybridized carbons (Fsp3) is 0.350. The van der Waals surface area contributed by atoms with Crippen LogP contribution in [0.2, 0.25) is 0 Å². The molecule has 1 N–H and O–H groups in total. The highest BCUT2D eigenvalue weighted by molar-refractivity contribution is 7.89. The van der Waals surface area contributed by atoms with Gasteiger partial charge in [-0.15, -0.1) is 0 Å². The normalized spacial score (nSPS) is 16.5. The van der Waals surface area contributed by atoms with Crippen molar-refractivity contribution in [1.29, 1.82) is 0 Å². The monoisotopic (exact) mass is 451 g/mol. The summed E-state index contributed by atoms with van der Waals surface area (Å²) in [6.45, 7) is 1.02. The van der Waals surface area contributed by atoms with Crippen LogP contribution in [0, 0.1) is 0 Å². The Balaban J connectivity index is 1.82. The van der Waals surface area contributed by atoms with Crippen molar-refractivity contribution in [1.82, 2.24) is 8.61 Å². The first kappa shape index (κ1) is 22.4. The average Bonchev–Trinajstić information content (AvgIpc) is 3.24. The zero-order valence-corrected chi connectivity index (χ0v) is 18.5. The zero-order chi connectivity index (χ0) is 21.9. The van der Waals surface area contributed by atoms with Crippen molar-refractivity contribution in [3.8, 4) is 0 Å². The quantitative estimate of drug-likeness (QED) is 0.694. The van der Waals surface area contributed by atoms with Crippen molar-refractivity contribution in [2.75, 3.05) is 31.7 Å². The lowest BCUT2D eigenvalue weighted by Crippen LogP contribution is -2.38. The van der Waals surface area contributed by atoms with Crippen LogP contribution in [-0.4, -0.2) is 57.7 Å². The van der Waals surface area contributed by atoms with E-state index < -0.39 is 32.0 Å². The number of nitrogens with zero attached hydrogens (tertiary/aromatic N) is 2. The highest BCUT2D eigenvalue weighted by Gasteiger charge is 2.31. The Morgan fingerprint density at radius 2 is 1.53 bits per heavy atom. The van der Waals surface area contributed by atoms with E-state index in [2.05, 4.69) is 5.32 Å². The number of nitrogens with one attached hydrogen (secondary N) is 1. The molecule has 1 atom stereocenters. The van der Waals surface area contributed by atoms with Gasteiger partial charge in [0, 0.05) is 25.8 Å². The van der Waals surface area contributed by atoms with E-state index in [1.165, 1.54) is 35.6 Å². The molecule has 0 spiro atoms. The molecule has 0 aromatic heterocycles. The maximum atomic E-state index is 12.9. The number of amides is 1. The first-order valence-electron chi connectivity index (χ1n) is 9.50. The van der Waals surface area contributed by atoms with Crippen LogP contribution in [0.25, 0.3) is 0 Å². The van der Waals surface area contributed by atoms with Gasteiger partial charge in [0.15, 0.2) is 0 Å². The van der Waals surface area contributed by atoms with Crippen molar-refractivity contribution in [3.05, 3.63) is 60.2 Å². The number of hydrogen-bond acceptors (Lipinski definition) is 5. The van der Waals surface area contributed by atoms with E-state index >= 15 is 0 Å². The average molecular weight is 452 g/mol. The van der Waals surface area contributed by atoms with E-state index in [4.69, 9.17) is 0 Å². The van der Waals surface area contributed by atoms with Crippen molar-refractivity contribution in [2.24, 2.45) is 0 Å². The molecule has 2 aromatic carbocycles. The molecule has 8 nitrogen and oxygen atoms in total. The molecule has 1 aliphatic heterocycles. The Morgan fingerprint density at radius 3 is 2.07 bits per heavy atom. The largest absolute Gasteiger partial charge is 0.324 e. The third-order valence-corrected chi connectivity index (χ3v) is 8.24. The first-order chi connectivity index (χ1) is 14.1.